The Morgan fingerprint density at radius 1 is 1.62 bits per heavy atom. The van der Waals surface area contributed by atoms with Gasteiger partial charge in [0.1, 0.15) is 5.82 Å². The summed E-state index contributed by atoms with van der Waals surface area (Å²) in [5.41, 5.74) is 5.98. The molecular formula is C9H8BrFN2. The second kappa shape index (κ2) is 4.35. The van der Waals surface area contributed by atoms with E-state index in [0.717, 1.165) is 0 Å². The Balaban J connectivity index is 3.06. The quantitative estimate of drug-likeness (QED) is 0.867. The predicted molar refractivity (Wildman–Crippen MR) is 51.3 cm³/mol. The lowest BCUT2D eigenvalue weighted by atomic mass is 10.1. The molecule has 0 aliphatic heterocycles. The van der Waals surface area contributed by atoms with Gasteiger partial charge >= 0.3 is 0 Å². The van der Waals surface area contributed by atoms with Crippen LogP contribution < -0.4 is 5.73 Å². The Morgan fingerprint density at radius 3 is 2.85 bits per heavy atom. The van der Waals surface area contributed by atoms with Gasteiger partial charge in [0.2, 0.25) is 0 Å². The molecule has 13 heavy (non-hydrogen) atoms. The molecule has 0 aliphatic carbocycles. The van der Waals surface area contributed by atoms with Crippen molar-refractivity contribution in [1.29, 1.82) is 5.26 Å². The van der Waals surface area contributed by atoms with Crippen molar-refractivity contribution < 1.29 is 4.39 Å². The van der Waals surface area contributed by atoms with Gasteiger partial charge in [0.15, 0.2) is 0 Å². The fraction of sp³-hybridized carbons (Fsp3) is 0.222. The summed E-state index contributed by atoms with van der Waals surface area (Å²) in [6, 6.07) is 5.96. The number of halogens is 2. The first-order valence-electron chi connectivity index (χ1n) is 3.73. The minimum atomic E-state index is -0.569. The highest BCUT2D eigenvalue weighted by atomic mass is 79.9. The first kappa shape index (κ1) is 10.2. The van der Waals surface area contributed by atoms with Crippen LogP contribution in [-0.4, -0.2) is 0 Å². The second-order valence-corrected chi connectivity index (χ2v) is 3.46. The predicted octanol–water partition coefficient (Wildman–Crippen LogP) is 2.50. The average molecular weight is 243 g/mol. The van der Waals surface area contributed by atoms with Gasteiger partial charge in [-0.15, -0.1) is 0 Å². The second-order valence-electron chi connectivity index (χ2n) is 2.60. The molecule has 0 fully saturated rings. The van der Waals surface area contributed by atoms with E-state index in [9.17, 15) is 4.39 Å². The van der Waals surface area contributed by atoms with Crippen LogP contribution in [0.2, 0.25) is 0 Å². The van der Waals surface area contributed by atoms with Crippen LogP contribution in [-0.2, 0) is 0 Å². The van der Waals surface area contributed by atoms with E-state index in [-0.39, 0.29) is 12.2 Å². The van der Waals surface area contributed by atoms with Crippen molar-refractivity contribution in [2.75, 3.05) is 0 Å². The summed E-state index contributed by atoms with van der Waals surface area (Å²) >= 11 is 3.19. The number of hydrogen-bond donors (Lipinski definition) is 1. The number of rotatable bonds is 2. The van der Waals surface area contributed by atoms with E-state index in [4.69, 9.17) is 11.0 Å². The van der Waals surface area contributed by atoms with Crippen LogP contribution >= 0.6 is 15.9 Å². The molecule has 0 radical (unpaired) electrons. The molecule has 2 nitrogen and oxygen atoms in total. The maximum atomic E-state index is 13.2. The van der Waals surface area contributed by atoms with Gasteiger partial charge in [-0.3, -0.25) is 0 Å². The minimum absolute atomic E-state index is 0.111. The van der Waals surface area contributed by atoms with Crippen molar-refractivity contribution in [2.24, 2.45) is 5.73 Å². The van der Waals surface area contributed by atoms with Crippen LogP contribution in [0.4, 0.5) is 4.39 Å². The standard InChI is InChI=1S/C9H8BrFN2/c10-6-2-1-3-7(11)9(6)8(13)4-5-12/h1-3,8H,4,13H2. The van der Waals surface area contributed by atoms with Crippen LogP contribution in [0, 0.1) is 17.1 Å². The molecule has 1 aromatic carbocycles. The molecular weight excluding hydrogens is 235 g/mol. The number of hydrogen-bond acceptors (Lipinski definition) is 2. The van der Waals surface area contributed by atoms with Crippen LogP contribution in [0.1, 0.15) is 18.0 Å². The highest BCUT2D eigenvalue weighted by Crippen LogP contribution is 2.26. The first-order valence-corrected chi connectivity index (χ1v) is 4.52. The van der Waals surface area contributed by atoms with Crippen molar-refractivity contribution in [3.8, 4) is 6.07 Å². The third-order valence-electron chi connectivity index (χ3n) is 1.68. The number of nitrogens with two attached hydrogens (primary N) is 1. The third kappa shape index (κ3) is 2.27. The molecule has 0 heterocycles. The van der Waals surface area contributed by atoms with Gasteiger partial charge in [-0.2, -0.15) is 5.26 Å². The molecule has 2 N–H and O–H groups in total. The normalized spacial score (nSPS) is 12.2. The zero-order valence-corrected chi connectivity index (χ0v) is 8.38. The Bertz CT molecular complexity index is 326. The fourth-order valence-corrected chi connectivity index (χ4v) is 1.70. The monoisotopic (exact) mass is 242 g/mol. The van der Waals surface area contributed by atoms with Gasteiger partial charge in [-0.05, 0) is 12.1 Å². The molecule has 0 amide bonds. The van der Waals surface area contributed by atoms with Gasteiger partial charge in [-0.25, -0.2) is 4.39 Å². The van der Waals surface area contributed by atoms with Crippen molar-refractivity contribution in [3.63, 3.8) is 0 Å². The number of nitrogens with zero attached hydrogens (tertiary/aromatic N) is 1. The van der Waals surface area contributed by atoms with Crippen LogP contribution in [0.3, 0.4) is 0 Å². The molecule has 1 aromatic rings. The number of benzene rings is 1. The Hall–Kier alpha value is -0.920. The summed E-state index contributed by atoms with van der Waals surface area (Å²) in [6.07, 6.45) is 0.111. The molecule has 68 valence electrons. The van der Waals surface area contributed by atoms with Crippen LogP contribution in [0.25, 0.3) is 0 Å². The molecule has 4 heteroatoms. The SMILES string of the molecule is N#CCC(N)c1c(F)cccc1Br. The number of nitriles is 1. The highest BCUT2D eigenvalue weighted by molar-refractivity contribution is 9.10. The van der Waals surface area contributed by atoms with E-state index in [1.54, 1.807) is 12.1 Å². The maximum Gasteiger partial charge on any atom is 0.129 e. The summed E-state index contributed by atoms with van der Waals surface area (Å²) in [7, 11) is 0. The molecule has 0 saturated heterocycles. The van der Waals surface area contributed by atoms with Gasteiger partial charge in [0, 0.05) is 16.1 Å². The fourth-order valence-electron chi connectivity index (χ4n) is 1.07. The molecule has 0 aliphatic rings. The molecule has 1 atom stereocenters. The average Bonchev–Trinajstić information content (AvgIpc) is 2.04. The summed E-state index contributed by atoms with van der Waals surface area (Å²) in [6.45, 7) is 0. The van der Waals surface area contributed by atoms with Crippen molar-refractivity contribution in [3.05, 3.63) is 34.1 Å². The molecule has 0 aromatic heterocycles. The van der Waals surface area contributed by atoms with Gasteiger partial charge in [-0.1, -0.05) is 22.0 Å². The summed E-state index contributed by atoms with van der Waals surface area (Å²) in [4.78, 5) is 0. The largest absolute Gasteiger partial charge is 0.323 e. The van der Waals surface area contributed by atoms with E-state index >= 15 is 0 Å². The smallest absolute Gasteiger partial charge is 0.129 e. The summed E-state index contributed by atoms with van der Waals surface area (Å²) in [5.74, 6) is -0.378. The Labute approximate surface area is 84.3 Å². The van der Waals surface area contributed by atoms with Gasteiger partial charge < -0.3 is 5.73 Å². The first-order chi connectivity index (χ1) is 6.16. The van der Waals surface area contributed by atoms with E-state index in [1.807, 2.05) is 6.07 Å². The molecule has 1 rings (SSSR count). The maximum absolute atomic E-state index is 13.2. The van der Waals surface area contributed by atoms with Crippen molar-refractivity contribution >= 4 is 15.9 Å². The van der Waals surface area contributed by atoms with E-state index in [2.05, 4.69) is 15.9 Å². The molecule has 0 bridgehead atoms. The minimum Gasteiger partial charge on any atom is -0.323 e. The highest BCUT2D eigenvalue weighted by Gasteiger charge is 2.13. The molecule has 0 saturated carbocycles. The van der Waals surface area contributed by atoms with Gasteiger partial charge in [0.05, 0.1) is 12.5 Å². The van der Waals surface area contributed by atoms with Crippen molar-refractivity contribution in [1.82, 2.24) is 0 Å². The Morgan fingerprint density at radius 2 is 2.31 bits per heavy atom. The topological polar surface area (TPSA) is 49.8 Å². The summed E-state index contributed by atoms with van der Waals surface area (Å²) in [5, 5.41) is 8.41. The van der Waals surface area contributed by atoms with Crippen LogP contribution in [0.15, 0.2) is 22.7 Å². The van der Waals surface area contributed by atoms with Crippen molar-refractivity contribution in [2.45, 2.75) is 12.5 Å². The lowest BCUT2D eigenvalue weighted by Gasteiger charge is -2.10. The Kier molecular flexibility index (Phi) is 3.40. The summed E-state index contributed by atoms with van der Waals surface area (Å²) < 4.78 is 13.8. The zero-order chi connectivity index (χ0) is 9.84. The molecule has 0 spiro atoms. The van der Waals surface area contributed by atoms with E-state index in [0.29, 0.717) is 10.0 Å². The lowest BCUT2D eigenvalue weighted by Crippen LogP contribution is -2.11. The van der Waals surface area contributed by atoms with Gasteiger partial charge in [0.25, 0.3) is 0 Å². The zero-order valence-electron chi connectivity index (χ0n) is 6.80. The lowest BCUT2D eigenvalue weighted by molar-refractivity contribution is 0.582. The van der Waals surface area contributed by atoms with E-state index in [1.165, 1.54) is 6.07 Å². The van der Waals surface area contributed by atoms with E-state index < -0.39 is 6.04 Å². The molecule has 1 unspecified atom stereocenters. The van der Waals surface area contributed by atoms with Crippen LogP contribution in [0.5, 0.6) is 0 Å². The third-order valence-corrected chi connectivity index (χ3v) is 2.37.